The van der Waals surface area contributed by atoms with Crippen LogP contribution >= 0.6 is 0 Å². The summed E-state index contributed by atoms with van der Waals surface area (Å²) >= 11 is 0. The summed E-state index contributed by atoms with van der Waals surface area (Å²) in [5, 5.41) is 3.06. The van der Waals surface area contributed by atoms with E-state index in [2.05, 4.69) is 22.0 Å². The number of piperazine rings is 1. The number of carbonyl (C=O) groups is 1. The third-order valence-electron chi connectivity index (χ3n) is 4.56. The molecule has 1 fully saturated rings. The SMILES string of the molecule is CCN1CCN(CC(=O)NC(C)c2cc(OC)ccc2OC)CC1. The fourth-order valence-corrected chi connectivity index (χ4v) is 3.01. The Morgan fingerprint density at radius 1 is 1.17 bits per heavy atom. The predicted molar refractivity (Wildman–Crippen MR) is 94.7 cm³/mol. The second kappa shape index (κ2) is 8.89. The van der Waals surface area contributed by atoms with Crippen LogP contribution in [0.15, 0.2) is 18.2 Å². The molecular formula is C18H29N3O3. The molecular weight excluding hydrogens is 306 g/mol. The highest BCUT2D eigenvalue weighted by atomic mass is 16.5. The topological polar surface area (TPSA) is 54.0 Å². The Labute approximate surface area is 144 Å². The first-order valence-corrected chi connectivity index (χ1v) is 8.53. The summed E-state index contributed by atoms with van der Waals surface area (Å²) in [6, 6.07) is 5.48. The molecule has 1 N–H and O–H groups in total. The zero-order valence-corrected chi connectivity index (χ0v) is 15.2. The van der Waals surface area contributed by atoms with E-state index < -0.39 is 0 Å². The van der Waals surface area contributed by atoms with Crippen LogP contribution in [0.2, 0.25) is 0 Å². The molecule has 1 saturated heterocycles. The number of nitrogens with zero attached hydrogens (tertiary/aromatic N) is 2. The first-order chi connectivity index (χ1) is 11.6. The van der Waals surface area contributed by atoms with E-state index in [1.165, 1.54) is 0 Å². The number of hydrogen-bond donors (Lipinski definition) is 1. The van der Waals surface area contributed by atoms with Gasteiger partial charge in [0.1, 0.15) is 11.5 Å². The Kier molecular flexibility index (Phi) is 6.87. The number of likely N-dealkylation sites (N-methyl/N-ethyl adjacent to an activating group) is 1. The van der Waals surface area contributed by atoms with Gasteiger partial charge in [0, 0.05) is 31.7 Å². The molecule has 1 aliphatic rings. The number of hydrogen-bond acceptors (Lipinski definition) is 5. The predicted octanol–water partition coefficient (Wildman–Crippen LogP) is 1.52. The van der Waals surface area contributed by atoms with Crippen molar-refractivity contribution in [2.45, 2.75) is 19.9 Å². The molecule has 1 aromatic rings. The van der Waals surface area contributed by atoms with Gasteiger partial charge in [-0.3, -0.25) is 9.69 Å². The highest BCUT2D eigenvalue weighted by molar-refractivity contribution is 5.78. The summed E-state index contributed by atoms with van der Waals surface area (Å²) in [7, 11) is 3.26. The molecule has 6 heteroatoms. The molecule has 0 aromatic heterocycles. The molecule has 1 aromatic carbocycles. The molecule has 0 spiro atoms. The van der Waals surface area contributed by atoms with E-state index in [1.807, 2.05) is 25.1 Å². The van der Waals surface area contributed by atoms with Gasteiger partial charge in [-0.05, 0) is 31.7 Å². The first-order valence-electron chi connectivity index (χ1n) is 8.53. The third kappa shape index (κ3) is 4.85. The molecule has 2 rings (SSSR count). The van der Waals surface area contributed by atoms with Crippen LogP contribution in [-0.4, -0.2) is 69.2 Å². The number of amides is 1. The number of carbonyl (C=O) groups excluding carboxylic acids is 1. The lowest BCUT2D eigenvalue weighted by Crippen LogP contribution is -2.49. The van der Waals surface area contributed by atoms with Crippen LogP contribution in [0, 0.1) is 0 Å². The Morgan fingerprint density at radius 3 is 2.42 bits per heavy atom. The molecule has 1 heterocycles. The minimum Gasteiger partial charge on any atom is -0.497 e. The van der Waals surface area contributed by atoms with Gasteiger partial charge in [-0.15, -0.1) is 0 Å². The zero-order chi connectivity index (χ0) is 17.5. The lowest BCUT2D eigenvalue weighted by Gasteiger charge is -2.33. The molecule has 1 unspecified atom stereocenters. The molecule has 6 nitrogen and oxygen atoms in total. The smallest absolute Gasteiger partial charge is 0.234 e. The fraction of sp³-hybridized carbons (Fsp3) is 0.611. The van der Waals surface area contributed by atoms with Gasteiger partial charge in [-0.1, -0.05) is 6.92 Å². The van der Waals surface area contributed by atoms with Gasteiger partial charge in [-0.2, -0.15) is 0 Å². The maximum atomic E-state index is 12.4. The van der Waals surface area contributed by atoms with Crippen LogP contribution in [0.25, 0.3) is 0 Å². The summed E-state index contributed by atoms with van der Waals surface area (Å²) < 4.78 is 10.7. The molecule has 0 bridgehead atoms. The van der Waals surface area contributed by atoms with E-state index in [1.54, 1.807) is 14.2 Å². The van der Waals surface area contributed by atoms with E-state index in [9.17, 15) is 4.79 Å². The highest BCUT2D eigenvalue weighted by Gasteiger charge is 2.20. The molecule has 1 atom stereocenters. The van der Waals surface area contributed by atoms with Crippen molar-refractivity contribution in [2.75, 3.05) is 53.5 Å². The molecule has 134 valence electrons. The van der Waals surface area contributed by atoms with Crippen molar-refractivity contribution in [3.8, 4) is 11.5 Å². The molecule has 1 amide bonds. The largest absolute Gasteiger partial charge is 0.497 e. The summed E-state index contributed by atoms with van der Waals surface area (Å²) in [6.45, 7) is 9.60. The average molecular weight is 335 g/mol. The average Bonchev–Trinajstić information content (AvgIpc) is 2.61. The molecule has 1 aliphatic heterocycles. The summed E-state index contributed by atoms with van der Waals surface area (Å²) in [5.41, 5.74) is 0.918. The Hall–Kier alpha value is -1.79. The number of methoxy groups -OCH3 is 2. The van der Waals surface area contributed by atoms with Gasteiger partial charge >= 0.3 is 0 Å². The van der Waals surface area contributed by atoms with Crippen LogP contribution in [0.1, 0.15) is 25.5 Å². The van der Waals surface area contributed by atoms with Crippen LogP contribution in [-0.2, 0) is 4.79 Å². The van der Waals surface area contributed by atoms with E-state index in [-0.39, 0.29) is 11.9 Å². The van der Waals surface area contributed by atoms with Gasteiger partial charge in [0.15, 0.2) is 0 Å². The number of benzene rings is 1. The summed E-state index contributed by atoms with van der Waals surface area (Å²) in [6.07, 6.45) is 0. The normalized spacial score (nSPS) is 17.3. The van der Waals surface area contributed by atoms with Gasteiger partial charge in [0.2, 0.25) is 5.91 Å². The van der Waals surface area contributed by atoms with Gasteiger partial charge < -0.3 is 19.7 Å². The molecule has 24 heavy (non-hydrogen) atoms. The van der Waals surface area contributed by atoms with Crippen molar-refractivity contribution in [3.05, 3.63) is 23.8 Å². The second-order valence-electron chi connectivity index (χ2n) is 6.11. The summed E-state index contributed by atoms with van der Waals surface area (Å²) in [5.74, 6) is 1.54. The number of rotatable bonds is 7. The summed E-state index contributed by atoms with van der Waals surface area (Å²) in [4.78, 5) is 17.0. The minimum absolute atomic E-state index is 0.0392. The van der Waals surface area contributed by atoms with Crippen molar-refractivity contribution in [2.24, 2.45) is 0 Å². The van der Waals surface area contributed by atoms with E-state index >= 15 is 0 Å². The lowest BCUT2D eigenvalue weighted by molar-refractivity contribution is -0.123. The van der Waals surface area contributed by atoms with Crippen LogP contribution in [0.3, 0.4) is 0 Å². The van der Waals surface area contributed by atoms with Crippen molar-refractivity contribution >= 4 is 5.91 Å². The van der Waals surface area contributed by atoms with Crippen molar-refractivity contribution in [1.82, 2.24) is 15.1 Å². The van der Waals surface area contributed by atoms with E-state index in [4.69, 9.17) is 9.47 Å². The van der Waals surface area contributed by atoms with Crippen molar-refractivity contribution < 1.29 is 14.3 Å². The standard InChI is InChI=1S/C18H29N3O3/c1-5-20-8-10-21(11-9-20)13-18(22)19-14(2)16-12-15(23-3)6-7-17(16)24-4/h6-7,12,14H,5,8-11,13H2,1-4H3,(H,19,22). The maximum absolute atomic E-state index is 12.4. The Balaban J connectivity index is 1.92. The quantitative estimate of drug-likeness (QED) is 0.819. The molecule has 0 radical (unpaired) electrons. The second-order valence-corrected chi connectivity index (χ2v) is 6.11. The molecule has 0 saturated carbocycles. The molecule has 0 aliphatic carbocycles. The Morgan fingerprint density at radius 2 is 1.83 bits per heavy atom. The van der Waals surface area contributed by atoms with Gasteiger partial charge in [0.25, 0.3) is 0 Å². The lowest BCUT2D eigenvalue weighted by atomic mass is 10.1. The number of nitrogens with one attached hydrogen (secondary N) is 1. The van der Waals surface area contributed by atoms with Crippen LogP contribution < -0.4 is 14.8 Å². The maximum Gasteiger partial charge on any atom is 0.234 e. The van der Waals surface area contributed by atoms with Crippen molar-refractivity contribution in [1.29, 1.82) is 0 Å². The van der Waals surface area contributed by atoms with Crippen LogP contribution in [0.5, 0.6) is 11.5 Å². The number of ether oxygens (including phenoxy) is 2. The third-order valence-corrected chi connectivity index (χ3v) is 4.56. The van der Waals surface area contributed by atoms with E-state index in [0.29, 0.717) is 6.54 Å². The first kappa shape index (κ1) is 18.5. The minimum atomic E-state index is -0.139. The fourth-order valence-electron chi connectivity index (χ4n) is 3.01. The van der Waals surface area contributed by atoms with Crippen LogP contribution in [0.4, 0.5) is 0 Å². The van der Waals surface area contributed by atoms with Gasteiger partial charge in [-0.25, -0.2) is 0 Å². The zero-order valence-electron chi connectivity index (χ0n) is 15.2. The van der Waals surface area contributed by atoms with E-state index in [0.717, 1.165) is 49.8 Å². The Bertz CT molecular complexity index is 542. The monoisotopic (exact) mass is 335 g/mol. The van der Waals surface area contributed by atoms with Crippen molar-refractivity contribution in [3.63, 3.8) is 0 Å². The van der Waals surface area contributed by atoms with Gasteiger partial charge in [0.05, 0.1) is 26.8 Å². The highest BCUT2D eigenvalue weighted by Crippen LogP contribution is 2.29.